The van der Waals surface area contributed by atoms with Crippen molar-refractivity contribution in [2.45, 2.75) is 124 Å². The van der Waals surface area contributed by atoms with E-state index in [1.165, 1.54) is 100 Å². The third-order valence-corrected chi connectivity index (χ3v) is 14.7. The van der Waals surface area contributed by atoms with E-state index in [1.54, 1.807) is 0 Å². The second-order valence-corrected chi connectivity index (χ2v) is 17.2. The molecule has 0 fully saturated rings. The number of rotatable bonds is 2. The van der Waals surface area contributed by atoms with Gasteiger partial charge in [-0.1, -0.05) is 12.5 Å². The molecular formula is C50H58N8. The van der Waals surface area contributed by atoms with Gasteiger partial charge in [-0.15, -0.1) is 0 Å². The van der Waals surface area contributed by atoms with Gasteiger partial charge in [0.2, 0.25) is 0 Å². The lowest BCUT2D eigenvalue weighted by Gasteiger charge is -2.17. The van der Waals surface area contributed by atoms with E-state index in [2.05, 4.69) is 121 Å². The van der Waals surface area contributed by atoms with Crippen LogP contribution in [0.1, 0.15) is 130 Å². The van der Waals surface area contributed by atoms with Crippen molar-refractivity contribution in [2.24, 2.45) is 25.0 Å². The molecule has 1 aromatic heterocycles. The van der Waals surface area contributed by atoms with Crippen molar-refractivity contribution in [2.75, 3.05) is 12.3 Å². The highest BCUT2D eigenvalue weighted by atomic mass is 15.1. The molecule has 3 aliphatic heterocycles. The Kier molecular flexibility index (Phi) is 9.29. The first kappa shape index (κ1) is 39.2. The van der Waals surface area contributed by atoms with Crippen LogP contribution in [0.15, 0.2) is 58.4 Å². The van der Waals surface area contributed by atoms with Gasteiger partial charge in [0.15, 0.2) is 17.5 Å². The van der Waals surface area contributed by atoms with E-state index in [4.69, 9.17) is 30.7 Å². The first-order chi connectivity index (χ1) is 27.4. The average Bonchev–Trinajstić information content (AvgIpc) is 3.94. The maximum absolute atomic E-state index is 6.71. The summed E-state index contributed by atoms with van der Waals surface area (Å²) in [5.41, 5.74) is 33.5. The standard InChI is InChI=1S/C50H58N8/c1-17-35-28(10)33(15)42-43(34(35)16)50(55-46-39-30(12)24(6)23(5)29(11)38(39)44(51)53-46)58-49(42)57-48-41-32(14)26(8)25(7)31(13)40(41)47(56-48)54-45-36-18-20(2)21(3)22(4)27(9)37(36)19-52-45/h53H,17-19,51H2,1-16H3,(H,52,54,55,56,57,58). The summed E-state index contributed by atoms with van der Waals surface area (Å²) in [4.78, 5) is 30.1. The van der Waals surface area contributed by atoms with Crippen LogP contribution in [0.5, 0.6) is 0 Å². The Morgan fingerprint density at radius 2 is 1.09 bits per heavy atom. The van der Waals surface area contributed by atoms with Crippen LogP contribution in [0.4, 0.5) is 11.6 Å². The molecule has 8 rings (SSSR count). The van der Waals surface area contributed by atoms with Gasteiger partial charge in [-0.05, 0) is 206 Å². The Bertz CT molecular complexity index is 2870. The number of nitrogen functional groups attached to an aromatic ring is 1. The van der Waals surface area contributed by atoms with Gasteiger partial charge in [-0.25, -0.2) is 20.0 Å². The molecule has 0 saturated heterocycles. The maximum atomic E-state index is 6.71. The number of aromatic amines is 1. The number of anilines is 1. The second kappa shape index (κ2) is 13.7. The van der Waals surface area contributed by atoms with E-state index in [0.29, 0.717) is 24.0 Å². The molecule has 0 amide bonds. The third kappa shape index (κ3) is 5.50. The summed E-state index contributed by atoms with van der Waals surface area (Å²) in [6, 6.07) is 0. The molecule has 4 N–H and O–H groups in total. The van der Waals surface area contributed by atoms with E-state index >= 15 is 0 Å². The Morgan fingerprint density at radius 1 is 0.534 bits per heavy atom. The van der Waals surface area contributed by atoms with Gasteiger partial charge in [-0.2, -0.15) is 0 Å². The lowest BCUT2D eigenvalue weighted by Crippen LogP contribution is -2.25. The number of nitrogens with one attached hydrogen (secondary N) is 2. The molecule has 4 aromatic rings. The predicted octanol–water partition coefficient (Wildman–Crippen LogP) is 11.1. The number of hydrogen-bond donors (Lipinski definition) is 3. The van der Waals surface area contributed by atoms with Crippen molar-refractivity contribution in [3.8, 4) is 0 Å². The van der Waals surface area contributed by atoms with Gasteiger partial charge in [0, 0.05) is 38.6 Å². The van der Waals surface area contributed by atoms with Crippen LogP contribution in [0.3, 0.4) is 0 Å². The number of hydrogen-bond acceptors (Lipinski definition) is 5. The number of aliphatic imine (C=N–C) groups is 5. The van der Waals surface area contributed by atoms with Gasteiger partial charge in [-0.3, -0.25) is 4.99 Å². The van der Waals surface area contributed by atoms with Crippen molar-refractivity contribution in [3.05, 3.63) is 122 Å². The zero-order chi connectivity index (χ0) is 42.0. The van der Waals surface area contributed by atoms with Crippen LogP contribution in [0.2, 0.25) is 0 Å². The predicted molar refractivity (Wildman–Crippen MR) is 247 cm³/mol. The van der Waals surface area contributed by atoms with Crippen LogP contribution in [-0.4, -0.2) is 40.7 Å². The molecule has 8 nitrogen and oxygen atoms in total. The lowest BCUT2D eigenvalue weighted by molar-refractivity contribution is 1.06. The molecule has 4 heterocycles. The Labute approximate surface area is 344 Å². The first-order valence-electron chi connectivity index (χ1n) is 20.7. The molecular weight excluding hydrogens is 713 g/mol. The number of allylic oxidation sites excluding steroid dienone is 3. The molecule has 0 radical (unpaired) electrons. The quantitative estimate of drug-likeness (QED) is 0.188. The van der Waals surface area contributed by atoms with Crippen LogP contribution in [0, 0.1) is 76.2 Å². The molecule has 58 heavy (non-hydrogen) atoms. The van der Waals surface area contributed by atoms with Crippen LogP contribution < -0.4 is 11.1 Å². The number of aromatic nitrogens is 1. The minimum absolute atomic E-state index is 0.628. The number of nitrogens with zero attached hydrogens (tertiary/aromatic N) is 5. The summed E-state index contributed by atoms with van der Waals surface area (Å²) >= 11 is 0. The lowest BCUT2D eigenvalue weighted by atomic mass is 9.87. The van der Waals surface area contributed by atoms with E-state index in [9.17, 15) is 0 Å². The summed E-state index contributed by atoms with van der Waals surface area (Å²) in [5.74, 6) is 4.99. The zero-order valence-electron chi connectivity index (χ0n) is 37.4. The Morgan fingerprint density at radius 3 is 1.69 bits per heavy atom. The summed E-state index contributed by atoms with van der Waals surface area (Å²) in [6.07, 6.45) is 1.76. The summed E-state index contributed by atoms with van der Waals surface area (Å²) in [5, 5.41) is 5.83. The number of aryl methyl sites for hydroxylation is 2. The topological polar surface area (TPSA) is 116 Å². The highest BCUT2D eigenvalue weighted by molar-refractivity contribution is 6.33. The van der Waals surface area contributed by atoms with Crippen molar-refractivity contribution in [1.82, 2.24) is 10.3 Å². The summed E-state index contributed by atoms with van der Waals surface area (Å²) in [6.45, 7) is 35.9. The molecule has 0 atom stereocenters. The number of benzene rings is 3. The molecule has 8 heteroatoms. The maximum Gasteiger partial charge on any atom is 0.165 e. The fraction of sp³-hybridized carbons (Fsp3) is 0.380. The molecule has 0 unspecified atom stereocenters. The van der Waals surface area contributed by atoms with Gasteiger partial charge < -0.3 is 16.0 Å². The van der Waals surface area contributed by atoms with E-state index < -0.39 is 0 Å². The zero-order valence-corrected chi connectivity index (χ0v) is 37.4. The minimum atomic E-state index is 0.628. The highest BCUT2D eigenvalue weighted by Gasteiger charge is 2.35. The van der Waals surface area contributed by atoms with Gasteiger partial charge in [0.05, 0.1) is 6.54 Å². The third-order valence-electron chi connectivity index (χ3n) is 14.7. The molecule has 0 spiro atoms. The number of nitrogens with two attached hydrogens (primary N) is 1. The fourth-order valence-corrected chi connectivity index (χ4v) is 9.93. The molecule has 3 aromatic carbocycles. The number of amidine groups is 5. The average molecular weight is 771 g/mol. The summed E-state index contributed by atoms with van der Waals surface area (Å²) < 4.78 is 0. The SMILES string of the molecule is CCc1c(C)c(C)c2c(c1C)/C(=N/c1[nH]c(N)c3c(C)c(C)c(C)c(C)c13)N=C2N=C1NC(=NC2=NCC3=C2CC(C)=C(C)C(C)=C3C)c2c(C)c(C)c(C)c(C)c21. The monoisotopic (exact) mass is 770 g/mol. The number of H-pyrrole nitrogens is 1. The van der Waals surface area contributed by atoms with Crippen molar-refractivity contribution in [3.63, 3.8) is 0 Å². The molecule has 4 aliphatic rings. The minimum Gasteiger partial charge on any atom is -0.385 e. The smallest absolute Gasteiger partial charge is 0.165 e. The molecule has 298 valence electrons. The van der Waals surface area contributed by atoms with Gasteiger partial charge in [0.25, 0.3) is 0 Å². The van der Waals surface area contributed by atoms with E-state index in [-0.39, 0.29) is 0 Å². The second-order valence-electron chi connectivity index (χ2n) is 17.2. The van der Waals surface area contributed by atoms with Crippen LogP contribution >= 0.6 is 0 Å². The molecule has 0 bridgehead atoms. The molecule has 1 aliphatic carbocycles. The Balaban J connectivity index is 1.35. The number of fused-ring (bicyclic) bond motifs is 3. The van der Waals surface area contributed by atoms with E-state index in [0.717, 1.165) is 69.2 Å². The largest absolute Gasteiger partial charge is 0.385 e. The van der Waals surface area contributed by atoms with Crippen LogP contribution in [0.25, 0.3) is 10.8 Å². The highest BCUT2D eigenvalue weighted by Crippen LogP contribution is 2.42. The van der Waals surface area contributed by atoms with Crippen molar-refractivity contribution >= 4 is 51.6 Å². The van der Waals surface area contributed by atoms with E-state index in [1.807, 2.05) is 0 Å². The van der Waals surface area contributed by atoms with Crippen molar-refractivity contribution < 1.29 is 0 Å². The van der Waals surface area contributed by atoms with Crippen LogP contribution in [-0.2, 0) is 6.42 Å². The normalized spacial score (nSPS) is 18.6. The summed E-state index contributed by atoms with van der Waals surface area (Å²) in [7, 11) is 0. The Hall–Kier alpha value is -5.63. The van der Waals surface area contributed by atoms with Gasteiger partial charge in [0.1, 0.15) is 23.3 Å². The van der Waals surface area contributed by atoms with Crippen molar-refractivity contribution in [1.29, 1.82) is 0 Å². The fourth-order valence-electron chi connectivity index (χ4n) is 9.93. The molecule has 0 saturated carbocycles. The first-order valence-corrected chi connectivity index (χ1v) is 20.7. The van der Waals surface area contributed by atoms with Gasteiger partial charge >= 0.3 is 0 Å².